The fourth-order valence-corrected chi connectivity index (χ4v) is 2.51. The summed E-state index contributed by atoms with van der Waals surface area (Å²) in [5.74, 6) is 1.09. The maximum Gasteiger partial charge on any atom is 0.270 e. The monoisotopic (exact) mass is 290 g/mol. The Kier molecular flexibility index (Phi) is 3.79. The first kappa shape index (κ1) is 15.8. The Morgan fingerprint density at radius 1 is 1.33 bits per heavy atom. The van der Waals surface area contributed by atoms with Crippen molar-refractivity contribution in [1.29, 1.82) is 0 Å². The van der Waals surface area contributed by atoms with Gasteiger partial charge in [0.1, 0.15) is 5.75 Å². The second-order valence-electron chi connectivity index (χ2n) is 7.37. The maximum atomic E-state index is 12.7. The average Bonchev–Trinajstić information content (AvgIpc) is 2.32. The summed E-state index contributed by atoms with van der Waals surface area (Å²) in [6, 6.07) is 6.05. The number of benzene rings is 1. The molecule has 1 amide bonds. The molecule has 0 fully saturated rings. The standard InChI is InChI=1S/C17H26N2O2/c1-11(2)12-7-8-14-13(9-12)19(10-16(3,4)18)15(20)17(5,6)21-14/h7-9,11H,10,18H2,1-6H3. The number of carbonyl (C=O) groups is 1. The fraction of sp³-hybridized carbons (Fsp3) is 0.588. The van der Waals surface area contributed by atoms with Crippen molar-refractivity contribution in [2.24, 2.45) is 5.73 Å². The Morgan fingerprint density at radius 3 is 2.48 bits per heavy atom. The van der Waals surface area contributed by atoms with E-state index in [1.165, 1.54) is 5.56 Å². The number of rotatable bonds is 3. The highest BCUT2D eigenvalue weighted by Crippen LogP contribution is 2.39. The van der Waals surface area contributed by atoms with E-state index in [1.54, 1.807) is 18.7 Å². The third-order valence-electron chi connectivity index (χ3n) is 3.63. The second kappa shape index (κ2) is 5.02. The lowest BCUT2D eigenvalue weighted by Gasteiger charge is -2.41. The summed E-state index contributed by atoms with van der Waals surface area (Å²) in [4.78, 5) is 14.5. The predicted molar refractivity (Wildman–Crippen MR) is 85.9 cm³/mol. The predicted octanol–water partition coefficient (Wildman–Crippen LogP) is 3.05. The highest BCUT2D eigenvalue weighted by Gasteiger charge is 2.42. The van der Waals surface area contributed by atoms with Crippen molar-refractivity contribution < 1.29 is 9.53 Å². The summed E-state index contributed by atoms with van der Waals surface area (Å²) in [6.45, 7) is 12.2. The summed E-state index contributed by atoms with van der Waals surface area (Å²) in [5.41, 5.74) is 6.82. The van der Waals surface area contributed by atoms with E-state index in [1.807, 2.05) is 26.0 Å². The van der Waals surface area contributed by atoms with Gasteiger partial charge in [0.25, 0.3) is 5.91 Å². The van der Waals surface area contributed by atoms with Gasteiger partial charge >= 0.3 is 0 Å². The van der Waals surface area contributed by atoms with Crippen molar-refractivity contribution in [2.75, 3.05) is 11.4 Å². The first-order chi connectivity index (χ1) is 9.51. The van der Waals surface area contributed by atoms with Gasteiger partial charge in [0.2, 0.25) is 0 Å². The van der Waals surface area contributed by atoms with Gasteiger partial charge in [0.05, 0.1) is 5.69 Å². The molecule has 1 heterocycles. The Labute approximate surface area is 127 Å². The van der Waals surface area contributed by atoms with Crippen LogP contribution in [0.2, 0.25) is 0 Å². The second-order valence-corrected chi connectivity index (χ2v) is 7.37. The van der Waals surface area contributed by atoms with Crippen LogP contribution in [0.1, 0.15) is 53.0 Å². The van der Waals surface area contributed by atoms with Crippen LogP contribution in [0.4, 0.5) is 5.69 Å². The summed E-state index contributed by atoms with van der Waals surface area (Å²) in [7, 11) is 0. The minimum atomic E-state index is -0.863. The molecule has 0 radical (unpaired) electrons. The number of fused-ring (bicyclic) bond motifs is 1. The van der Waals surface area contributed by atoms with Gasteiger partial charge in [-0.1, -0.05) is 19.9 Å². The number of nitrogens with two attached hydrogens (primary N) is 1. The lowest BCUT2D eigenvalue weighted by atomic mass is 9.97. The van der Waals surface area contributed by atoms with E-state index in [-0.39, 0.29) is 5.91 Å². The Morgan fingerprint density at radius 2 is 1.95 bits per heavy atom. The van der Waals surface area contributed by atoms with Gasteiger partial charge in [0, 0.05) is 12.1 Å². The number of amides is 1. The van der Waals surface area contributed by atoms with E-state index in [0.29, 0.717) is 12.5 Å². The Bertz CT molecular complexity index is 556. The van der Waals surface area contributed by atoms with Crippen LogP contribution >= 0.6 is 0 Å². The van der Waals surface area contributed by atoms with E-state index >= 15 is 0 Å². The van der Waals surface area contributed by atoms with Crippen LogP contribution in [-0.2, 0) is 4.79 Å². The zero-order valence-electron chi connectivity index (χ0n) is 13.9. The van der Waals surface area contributed by atoms with Crippen molar-refractivity contribution in [3.8, 4) is 5.75 Å². The van der Waals surface area contributed by atoms with E-state index in [2.05, 4.69) is 19.9 Å². The zero-order valence-corrected chi connectivity index (χ0v) is 13.9. The molecule has 0 saturated carbocycles. The summed E-state index contributed by atoms with van der Waals surface area (Å²) < 4.78 is 5.88. The molecular weight excluding hydrogens is 264 g/mol. The van der Waals surface area contributed by atoms with Crippen LogP contribution in [0.15, 0.2) is 18.2 Å². The molecule has 1 aliphatic heterocycles. The van der Waals surface area contributed by atoms with E-state index in [4.69, 9.17) is 10.5 Å². The molecule has 0 aromatic heterocycles. The molecule has 0 unspecified atom stereocenters. The van der Waals surface area contributed by atoms with Gasteiger partial charge in [-0.2, -0.15) is 0 Å². The van der Waals surface area contributed by atoms with Crippen LogP contribution in [0.25, 0.3) is 0 Å². The number of anilines is 1. The Hall–Kier alpha value is -1.55. The largest absolute Gasteiger partial charge is 0.476 e. The lowest BCUT2D eigenvalue weighted by molar-refractivity contribution is -0.132. The third kappa shape index (κ3) is 3.21. The zero-order chi connectivity index (χ0) is 16.0. The summed E-state index contributed by atoms with van der Waals surface area (Å²) in [5, 5.41) is 0. The van der Waals surface area contributed by atoms with Crippen molar-refractivity contribution in [3.05, 3.63) is 23.8 Å². The molecule has 2 N–H and O–H groups in total. The number of ether oxygens (including phenoxy) is 1. The van der Waals surface area contributed by atoms with Crippen LogP contribution in [-0.4, -0.2) is 23.6 Å². The smallest absolute Gasteiger partial charge is 0.270 e. The molecule has 0 atom stereocenters. The third-order valence-corrected chi connectivity index (χ3v) is 3.63. The molecule has 0 bridgehead atoms. The molecule has 0 spiro atoms. The normalized spacial score (nSPS) is 17.7. The molecule has 1 aliphatic rings. The molecule has 1 aromatic rings. The maximum absolute atomic E-state index is 12.7. The molecule has 4 nitrogen and oxygen atoms in total. The lowest BCUT2D eigenvalue weighted by Crippen LogP contribution is -2.57. The van der Waals surface area contributed by atoms with Crippen LogP contribution in [0.3, 0.4) is 0 Å². The number of nitrogens with zero attached hydrogens (tertiary/aromatic N) is 1. The minimum Gasteiger partial charge on any atom is -0.476 e. The van der Waals surface area contributed by atoms with Crippen molar-refractivity contribution in [3.63, 3.8) is 0 Å². The molecule has 4 heteroatoms. The van der Waals surface area contributed by atoms with Crippen molar-refractivity contribution in [2.45, 2.75) is 58.6 Å². The molecular formula is C17H26N2O2. The molecule has 1 aromatic carbocycles. The van der Waals surface area contributed by atoms with Gasteiger partial charge in [-0.05, 0) is 51.3 Å². The van der Waals surface area contributed by atoms with Gasteiger partial charge in [-0.3, -0.25) is 4.79 Å². The summed E-state index contributed by atoms with van der Waals surface area (Å²) in [6.07, 6.45) is 0. The molecule has 116 valence electrons. The van der Waals surface area contributed by atoms with Crippen LogP contribution < -0.4 is 15.4 Å². The number of hydrogen-bond acceptors (Lipinski definition) is 3. The topological polar surface area (TPSA) is 55.6 Å². The minimum absolute atomic E-state index is 0.0468. The fourth-order valence-electron chi connectivity index (χ4n) is 2.51. The molecule has 21 heavy (non-hydrogen) atoms. The number of carbonyl (C=O) groups excluding carboxylic acids is 1. The number of hydrogen-bond donors (Lipinski definition) is 1. The average molecular weight is 290 g/mol. The highest BCUT2D eigenvalue weighted by molar-refractivity contribution is 6.02. The van der Waals surface area contributed by atoms with E-state index in [0.717, 1.165) is 11.4 Å². The van der Waals surface area contributed by atoms with E-state index in [9.17, 15) is 4.79 Å². The quantitative estimate of drug-likeness (QED) is 0.931. The first-order valence-electron chi connectivity index (χ1n) is 7.45. The first-order valence-corrected chi connectivity index (χ1v) is 7.45. The van der Waals surface area contributed by atoms with Crippen LogP contribution in [0.5, 0.6) is 5.75 Å². The Balaban J connectivity index is 2.53. The molecule has 0 aliphatic carbocycles. The summed E-state index contributed by atoms with van der Waals surface area (Å²) >= 11 is 0. The van der Waals surface area contributed by atoms with Crippen molar-refractivity contribution >= 4 is 11.6 Å². The SMILES string of the molecule is CC(C)c1ccc2c(c1)N(CC(C)(C)N)C(=O)C(C)(C)O2. The van der Waals surface area contributed by atoms with Gasteiger partial charge in [-0.25, -0.2) is 0 Å². The molecule has 2 rings (SSSR count). The van der Waals surface area contributed by atoms with Crippen LogP contribution in [0, 0.1) is 0 Å². The molecule has 0 saturated heterocycles. The van der Waals surface area contributed by atoms with Gasteiger partial charge in [-0.15, -0.1) is 0 Å². The van der Waals surface area contributed by atoms with Gasteiger partial charge < -0.3 is 15.4 Å². The van der Waals surface area contributed by atoms with E-state index < -0.39 is 11.1 Å². The van der Waals surface area contributed by atoms with Crippen molar-refractivity contribution in [1.82, 2.24) is 0 Å². The highest BCUT2D eigenvalue weighted by atomic mass is 16.5. The van der Waals surface area contributed by atoms with Gasteiger partial charge in [0.15, 0.2) is 5.60 Å².